The Kier molecular flexibility index (Phi) is 12.5. The lowest BCUT2D eigenvalue weighted by Gasteiger charge is -2.22. The van der Waals surface area contributed by atoms with Crippen LogP contribution in [0.5, 0.6) is 0 Å². The Morgan fingerprint density at radius 2 is 0.549 bits per heavy atom. The lowest BCUT2D eigenvalue weighted by Crippen LogP contribution is -2.04. The number of benzene rings is 13. The number of hydrogen-bond donors (Lipinski definition) is 0. The van der Waals surface area contributed by atoms with Gasteiger partial charge in [-0.25, -0.2) is 15.0 Å². The summed E-state index contributed by atoms with van der Waals surface area (Å²) in [6.45, 7) is 0. The number of fused-ring (bicyclic) bond motifs is 9. The lowest BCUT2D eigenvalue weighted by atomic mass is 9.92. The van der Waals surface area contributed by atoms with E-state index < -0.39 is 0 Å². The number of aromatic nitrogens is 6. The van der Waals surface area contributed by atoms with Crippen LogP contribution >= 0.6 is 0 Å². The Hall–Kier alpha value is -12.8. The van der Waals surface area contributed by atoms with Gasteiger partial charge in [0.1, 0.15) is 0 Å². The lowest BCUT2D eigenvalue weighted by molar-refractivity contribution is 1.07. The first-order valence-electron chi connectivity index (χ1n) is 30.3. The van der Waals surface area contributed by atoms with E-state index in [-0.39, 0.29) is 0 Å². The second-order valence-corrected chi connectivity index (χ2v) is 23.0. The molecule has 0 unspecified atom stereocenters. The Morgan fingerprint density at radius 1 is 0.231 bits per heavy atom. The quantitative estimate of drug-likeness (QED) is 0.136. The van der Waals surface area contributed by atoms with Gasteiger partial charge in [0.05, 0.1) is 62.1 Å². The van der Waals surface area contributed by atoms with Crippen LogP contribution in [0.25, 0.3) is 161 Å². The molecule has 8 nitrogen and oxygen atoms in total. The third-order valence-electron chi connectivity index (χ3n) is 17.7. The van der Waals surface area contributed by atoms with Crippen molar-refractivity contribution in [1.82, 2.24) is 28.7 Å². The van der Waals surface area contributed by atoms with Crippen molar-refractivity contribution in [3.8, 4) is 108 Å². The van der Waals surface area contributed by atoms with E-state index in [1.54, 1.807) is 0 Å². The van der Waals surface area contributed by atoms with Crippen LogP contribution in [-0.2, 0) is 0 Å². The van der Waals surface area contributed by atoms with E-state index in [0.717, 1.165) is 122 Å². The summed E-state index contributed by atoms with van der Waals surface area (Å²) < 4.78 is 7.15. The molecule has 4 aromatic heterocycles. The molecule has 0 saturated heterocycles. The van der Waals surface area contributed by atoms with E-state index in [9.17, 15) is 10.5 Å². The highest BCUT2D eigenvalue weighted by Crippen LogP contribution is 2.47. The van der Waals surface area contributed by atoms with Gasteiger partial charge in [-0.1, -0.05) is 194 Å². The van der Waals surface area contributed by atoms with Crippen molar-refractivity contribution < 1.29 is 0 Å². The van der Waals surface area contributed by atoms with E-state index in [1.165, 1.54) is 21.5 Å². The van der Waals surface area contributed by atoms with Crippen LogP contribution in [0.4, 0.5) is 0 Å². The fraction of sp³-hybridized carbons (Fsp3) is 0. The van der Waals surface area contributed by atoms with Crippen molar-refractivity contribution in [3.63, 3.8) is 0 Å². The topological polar surface area (TPSA) is 101 Å². The first-order chi connectivity index (χ1) is 45.0. The zero-order valence-electron chi connectivity index (χ0n) is 48.9. The van der Waals surface area contributed by atoms with Crippen molar-refractivity contribution >= 4 is 65.4 Å². The molecule has 8 heteroatoms. The Labute approximate surface area is 524 Å². The van der Waals surface area contributed by atoms with Crippen LogP contribution in [0.3, 0.4) is 0 Å². The third kappa shape index (κ3) is 8.94. The summed E-state index contributed by atoms with van der Waals surface area (Å²) in [6.07, 6.45) is 0. The Morgan fingerprint density at radius 3 is 0.934 bits per heavy atom. The van der Waals surface area contributed by atoms with Crippen LogP contribution in [0.2, 0.25) is 0 Å². The van der Waals surface area contributed by atoms with Gasteiger partial charge in [0.25, 0.3) is 0 Å². The summed E-state index contributed by atoms with van der Waals surface area (Å²) in [6, 6.07) is 111. The molecule has 0 atom stereocenters. The minimum atomic E-state index is 0.529. The zero-order valence-corrected chi connectivity index (χ0v) is 48.9. The normalized spacial score (nSPS) is 11.5. The molecule has 13 aromatic carbocycles. The van der Waals surface area contributed by atoms with E-state index in [4.69, 9.17) is 15.0 Å². The largest absolute Gasteiger partial charge is 0.309 e. The standard InChI is InChI=1S/C83H50N8/c84-51-53-17-15-23-59(45-53)61-37-43-78-72(47-61)73-48-62(60-24-16-18-54(46-60)52-85)38-44-79(73)91(78)80-70(55-33-39-64(40-34-55)89-74-29-11-7-25-66(74)67-26-8-12-30-75(67)89)49-63(83-87-81(57-19-3-1-4-20-57)86-82(88-83)58-21-5-2-6-22-58)50-71(80)56-35-41-65(42-36-56)90-76-31-13-9-27-68(76)69-28-10-14-32-77(69)90/h1-50H. The molecule has 4 heterocycles. The average Bonchev–Trinajstić information content (AvgIpc) is 1.64. The van der Waals surface area contributed by atoms with Crippen LogP contribution in [0.1, 0.15) is 11.1 Å². The second-order valence-electron chi connectivity index (χ2n) is 23.0. The molecule has 0 aliphatic rings. The monoisotopic (exact) mass is 1160 g/mol. The van der Waals surface area contributed by atoms with E-state index in [2.05, 4.69) is 232 Å². The van der Waals surface area contributed by atoms with Crippen LogP contribution in [-0.4, -0.2) is 28.7 Å². The molecule has 17 rings (SSSR count). The van der Waals surface area contributed by atoms with Crippen molar-refractivity contribution in [1.29, 1.82) is 10.5 Å². The van der Waals surface area contributed by atoms with Gasteiger partial charge in [-0.15, -0.1) is 0 Å². The number of rotatable bonds is 10. The predicted octanol–water partition coefficient (Wildman–Crippen LogP) is 20.6. The van der Waals surface area contributed by atoms with Gasteiger partial charge in [0.2, 0.25) is 0 Å². The summed E-state index contributed by atoms with van der Waals surface area (Å²) in [4.78, 5) is 16.0. The minimum absolute atomic E-state index is 0.529. The second kappa shape index (κ2) is 21.6. The Balaban J connectivity index is 0.978. The average molecular weight is 1160 g/mol. The summed E-state index contributed by atoms with van der Waals surface area (Å²) in [5, 5.41) is 27.0. The SMILES string of the molecule is N#Cc1cccc(-c2ccc3c(c2)c2cc(-c4cccc(C#N)c4)ccc2n3-c2c(-c3ccc(-n4c5ccccc5c5ccccc54)cc3)cc(-c3nc(-c4ccccc4)nc(-c4ccccc4)n3)cc2-c2ccc(-n3c4ccccc4c4ccccc43)cc2)c1. The number of hydrogen-bond acceptors (Lipinski definition) is 5. The highest BCUT2D eigenvalue weighted by molar-refractivity contribution is 6.14. The van der Waals surface area contributed by atoms with Crippen LogP contribution in [0, 0.1) is 22.7 Å². The van der Waals surface area contributed by atoms with Crippen molar-refractivity contribution in [2.45, 2.75) is 0 Å². The molecule has 17 aromatic rings. The van der Waals surface area contributed by atoms with Gasteiger partial charge in [-0.2, -0.15) is 10.5 Å². The summed E-state index contributed by atoms with van der Waals surface area (Å²) in [5.74, 6) is 1.66. The maximum atomic E-state index is 10.1. The Bertz CT molecular complexity index is 5380. The van der Waals surface area contributed by atoms with E-state index >= 15 is 0 Å². The fourth-order valence-corrected chi connectivity index (χ4v) is 13.5. The minimum Gasteiger partial charge on any atom is -0.309 e. The number of para-hydroxylation sites is 4. The molecule has 0 N–H and O–H groups in total. The molecule has 0 amide bonds. The first-order valence-corrected chi connectivity index (χ1v) is 30.3. The van der Waals surface area contributed by atoms with Gasteiger partial charge >= 0.3 is 0 Å². The fourth-order valence-electron chi connectivity index (χ4n) is 13.5. The van der Waals surface area contributed by atoms with Crippen molar-refractivity contribution in [2.24, 2.45) is 0 Å². The third-order valence-corrected chi connectivity index (χ3v) is 17.7. The molecular weight excluding hydrogens is 1110 g/mol. The van der Waals surface area contributed by atoms with Crippen LogP contribution < -0.4 is 0 Å². The summed E-state index contributed by atoms with van der Waals surface area (Å²) in [5.41, 5.74) is 21.0. The zero-order chi connectivity index (χ0) is 60.5. The molecule has 0 aliphatic carbocycles. The van der Waals surface area contributed by atoms with Gasteiger partial charge in [0.15, 0.2) is 17.5 Å². The molecule has 0 radical (unpaired) electrons. The maximum Gasteiger partial charge on any atom is 0.164 e. The van der Waals surface area contributed by atoms with Crippen molar-refractivity contribution in [3.05, 3.63) is 314 Å². The summed E-state index contributed by atoms with van der Waals surface area (Å²) in [7, 11) is 0. The first kappa shape index (κ1) is 52.6. The molecule has 422 valence electrons. The highest BCUT2D eigenvalue weighted by atomic mass is 15.0. The molecule has 0 spiro atoms. The molecular formula is C83H50N8. The van der Waals surface area contributed by atoms with Gasteiger partial charge in [-0.05, 0) is 143 Å². The van der Waals surface area contributed by atoms with Gasteiger partial charge in [0, 0.05) is 71.5 Å². The molecule has 0 aliphatic heterocycles. The maximum absolute atomic E-state index is 10.1. The molecule has 0 bridgehead atoms. The summed E-state index contributed by atoms with van der Waals surface area (Å²) >= 11 is 0. The van der Waals surface area contributed by atoms with Gasteiger partial charge in [-0.3, -0.25) is 0 Å². The number of nitriles is 2. The molecule has 0 fully saturated rings. The molecule has 0 saturated carbocycles. The van der Waals surface area contributed by atoms with Crippen LogP contribution in [0.15, 0.2) is 303 Å². The van der Waals surface area contributed by atoms with Crippen molar-refractivity contribution in [2.75, 3.05) is 0 Å². The highest BCUT2D eigenvalue weighted by Gasteiger charge is 2.25. The molecule has 91 heavy (non-hydrogen) atoms. The predicted molar refractivity (Wildman–Crippen MR) is 370 cm³/mol. The smallest absolute Gasteiger partial charge is 0.164 e. The number of nitrogens with zero attached hydrogens (tertiary/aromatic N) is 8. The van der Waals surface area contributed by atoms with Gasteiger partial charge < -0.3 is 13.7 Å². The van der Waals surface area contributed by atoms with E-state index in [1.807, 2.05) is 97.1 Å². The van der Waals surface area contributed by atoms with E-state index in [0.29, 0.717) is 28.6 Å².